The van der Waals surface area contributed by atoms with E-state index >= 15 is 0 Å². The van der Waals surface area contributed by atoms with Crippen LogP contribution in [-0.4, -0.2) is 28.2 Å². The molecule has 0 aliphatic heterocycles. The first-order chi connectivity index (χ1) is 9.97. The molecule has 0 atom stereocenters. The predicted octanol–water partition coefficient (Wildman–Crippen LogP) is 2.54. The van der Waals surface area contributed by atoms with E-state index in [-0.39, 0.29) is 18.0 Å². The smallest absolute Gasteiger partial charge is 0.338 e. The molecular weight excluding hydrogens is 270 g/mol. The second kappa shape index (κ2) is 6.21. The van der Waals surface area contributed by atoms with Gasteiger partial charge in [0.2, 0.25) is 0 Å². The molecule has 2 N–H and O–H groups in total. The van der Waals surface area contributed by atoms with Crippen LogP contribution in [0.5, 0.6) is 0 Å². The molecule has 2 aromatic rings. The van der Waals surface area contributed by atoms with Crippen molar-refractivity contribution in [3.63, 3.8) is 0 Å². The second-order valence-electron chi connectivity index (χ2n) is 4.89. The summed E-state index contributed by atoms with van der Waals surface area (Å²) in [6.07, 6.45) is 1.31. The van der Waals surface area contributed by atoms with Crippen LogP contribution in [0, 0.1) is 6.92 Å². The number of aryl methyl sites for hydroxylation is 1. The Hall–Kier alpha value is -2.63. The van der Waals surface area contributed by atoms with Gasteiger partial charge < -0.3 is 10.1 Å². The van der Waals surface area contributed by atoms with Gasteiger partial charge in [-0.05, 0) is 45.0 Å². The van der Waals surface area contributed by atoms with Crippen LogP contribution in [-0.2, 0) is 4.74 Å². The molecule has 0 saturated carbocycles. The van der Waals surface area contributed by atoms with Crippen molar-refractivity contribution in [1.29, 1.82) is 0 Å². The lowest BCUT2D eigenvalue weighted by Crippen LogP contribution is -2.13. The summed E-state index contributed by atoms with van der Waals surface area (Å²) < 4.78 is 5.09. The number of H-pyrrole nitrogens is 1. The molecule has 0 fully saturated rings. The molecule has 21 heavy (non-hydrogen) atoms. The topological polar surface area (TPSA) is 84.1 Å². The fraction of sp³-hybridized carbons (Fsp3) is 0.267. The number of aromatic nitrogens is 2. The van der Waals surface area contributed by atoms with Crippen LogP contribution >= 0.6 is 0 Å². The van der Waals surface area contributed by atoms with Crippen LogP contribution in [0.15, 0.2) is 30.5 Å². The maximum Gasteiger partial charge on any atom is 0.338 e. The molecule has 6 nitrogen and oxygen atoms in total. The summed E-state index contributed by atoms with van der Waals surface area (Å²) in [4.78, 5) is 23.7. The highest BCUT2D eigenvalue weighted by Crippen LogP contribution is 2.13. The van der Waals surface area contributed by atoms with Gasteiger partial charge in [0.15, 0.2) is 0 Å². The zero-order valence-electron chi connectivity index (χ0n) is 12.1. The number of anilines is 1. The zero-order valence-corrected chi connectivity index (χ0v) is 12.1. The van der Waals surface area contributed by atoms with Crippen LogP contribution in [0.1, 0.15) is 40.3 Å². The number of carbonyl (C=O) groups is 2. The van der Waals surface area contributed by atoms with Crippen molar-refractivity contribution in [2.75, 3.05) is 5.32 Å². The predicted molar refractivity (Wildman–Crippen MR) is 78.3 cm³/mol. The molecule has 2 rings (SSSR count). The molecule has 0 aliphatic carbocycles. The van der Waals surface area contributed by atoms with Gasteiger partial charge in [0, 0.05) is 11.4 Å². The summed E-state index contributed by atoms with van der Waals surface area (Å²) in [5, 5.41) is 9.25. The number of carbonyl (C=O) groups excluding carboxylic acids is 2. The highest BCUT2D eigenvalue weighted by molar-refractivity contribution is 6.05. The van der Waals surface area contributed by atoms with E-state index in [1.807, 2.05) is 0 Å². The summed E-state index contributed by atoms with van der Waals surface area (Å²) in [7, 11) is 0. The standard InChI is InChI=1S/C15H17N3O3/c1-9(2)21-15(20)11-4-6-12(7-5-11)17-14(19)13-8-16-18-10(13)3/h4-9H,1-3H3,(H,16,18)(H,17,19). The average Bonchev–Trinajstić information content (AvgIpc) is 2.85. The van der Waals surface area contributed by atoms with E-state index in [0.717, 1.165) is 0 Å². The minimum Gasteiger partial charge on any atom is -0.459 e. The van der Waals surface area contributed by atoms with Gasteiger partial charge >= 0.3 is 5.97 Å². The average molecular weight is 287 g/mol. The van der Waals surface area contributed by atoms with E-state index in [9.17, 15) is 9.59 Å². The Morgan fingerprint density at radius 2 is 1.90 bits per heavy atom. The number of amides is 1. The van der Waals surface area contributed by atoms with E-state index < -0.39 is 0 Å². The molecule has 6 heteroatoms. The number of nitrogens with zero attached hydrogens (tertiary/aromatic N) is 1. The van der Waals surface area contributed by atoms with Crippen molar-refractivity contribution in [2.45, 2.75) is 26.9 Å². The fourth-order valence-electron chi connectivity index (χ4n) is 1.75. The van der Waals surface area contributed by atoms with Gasteiger partial charge in [0.25, 0.3) is 5.91 Å². The normalized spacial score (nSPS) is 10.5. The first-order valence-corrected chi connectivity index (χ1v) is 6.59. The molecule has 0 spiro atoms. The highest BCUT2D eigenvalue weighted by Gasteiger charge is 2.12. The summed E-state index contributed by atoms with van der Waals surface area (Å²) in [6, 6.07) is 6.54. The largest absolute Gasteiger partial charge is 0.459 e. The fourth-order valence-corrected chi connectivity index (χ4v) is 1.75. The van der Waals surface area contributed by atoms with E-state index in [4.69, 9.17) is 4.74 Å². The number of hydrogen-bond acceptors (Lipinski definition) is 4. The number of rotatable bonds is 4. The van der Waals surface area contributed by atoms with Gasteiger partial charge in [-0.25, -0.2) is 4.79 Å². The Labute approximate surface area is 122 Å². The van der Waals surface area contributed by atoms with Crippen molar-refractivity contribution >= 4 is 17.6 Å². The second-order valence-corrected chi connectivity index (χ2v) is 4.89. The Balaban J connectivity index is 2.04. The molecule has 110 valence electrons. The number of nitrogens with one attached hydrogen (secondary N) is 2. The third-order valence-electron chi connectivity index (χ3n) is 2.80. The molecule has 0 saturated heterocycles. The Morgan fingerprint density at radius 1 is 1.24 bits per heavy atom. The molecule has 1 aromatic carbocycles. The maximum absolute atomic E-state index is 12.0. The summed E-state index contributed by atoms with van der Waals surface area (Å²) >= 11 is 0. The number of benzene rings is 1. The van der Waals surface area contributed by atoms with Gasteiger partial charge in [-0.2, -0.15) is 5.10 Å². The minimum atomic E-state index is -0.381. The number of esters is 1. The molecular formula is C15H17N3O3. The number of aromatic amines is 1. The number of ether oxygens (including phenoxy) is 1. The van der Waals surface area contributed by atoms with E-state index in [1.165, 1.54) is 6.20 Å². The van der Waals surface area contributed by atoms with Gasteiger partial charge in [-0.3, -0.25) is 9.89 Å². The van der Waals surface area contributed by atoms with Crippen molar-refractivity contribution in [1.82, 2.24) is 10.2 Å². The van der Waals surface area contributed by atoms with Crippen LogP contribution in [0.2, 0.25) is 0 Å². The monoisotopic (exact) mass is 287 g/mol. The van der Waals surface area contributed by atoms with Gasteiger partial charge in [0.05, 0.1) is 23.4 Å². The SMILES string of the molecule is Cc1[nH]ncc1C(=O)Nc1ccc(C(=O)OC(C)C)cc1. The molecule has 1 aromatic heterocycles. The zero-order chi connectivity index (χ0) is 15.4. The van der Waals surface area contributed by atoms with Crippen LogP contribution in [0.3, 0.4) is 0 Å². The third kappa shape index (κ3) is 3.68. The minimum absolute atomic E-state index is 0.166. The lowest BCUT2D eigenvalue weighted by molar-refractivity contribution is 0.0378. The van der Waals surface area contributed by atoms with Crippen LogP contribution in [0.25, 0.3) is 0 Å². The molecule has 0 aliphatic rings. The lowest BCUT2D eigenvalue weighted by Gasteiger charge is -2.09. The van der Waals surface area contributed by atoms with Gasteiger partial charge in [-0.1, -0.05) is 0 Å². The van der Waals surface area contributed by atoms with Crippen LogP contribution in [0.4, 0.5) is 5.69 Å². The molecule has 0 bridgehead atoms. The third-order valence-corrected chi connectivity index (χ3v) is 2.80. The maximum atomic E-state index is 12.0. The molecule has 0 unspecified atom stereocenters. The molecule has 0 radical (unpaired) electrons. The Bertz CT molecular complexity index is 644. The van der Waals surface area contributed by atoms with E-state index in [2.05, 4.69) is 15.5 Å². The van der Waals surface area contributed by atoms with Crippen LogP contribution < -0.4 is 5.32 Å². The molecule has 1 heterocycles. The van der Waals surface area contributed by atoms with Crippen molar-refractivity contribution in [3.8, 4) is 0 Å². The van der Waals surface area contributed by atoms with Gasteiger partial charge in [0.1, 0.15) is 0 Å². The van der Waals surface area contributed by atoms with E-state index in [1.54, 1.807) is 45.0 Å². The molecule has 1 amide bonds. The van der Waals surface area contributed by atoms with E-state index in [0.29, 0.717) is 22.5 Å². The first kappa shape index (κ1) is 14.8. The van der Waals surface area contributed by atoms with Crippen molar-refractivity contribution < 1.29 is 14.3 Å². The van der Waals surface area contributed by atoms with Crippen molar-refractivity contribution in [2.24, 2.45) is 0 Å². The van der Waals surface area contributed by atoms with Crippen molar-refractivity contribution in [3.05, 3.63) is 47.3 Å². The number of hydrogen-bond donors (Lipinski definition) is 2. The highest BCUT2D eigenvalue weighted by atomic mass is 16.5. The van der Waals surface area contributed by atoms with Gasteiger partial charge in [-0.15, -0.1) is 0 Å². The quantitative estimate of drug-likeness (QED) is 0.846. The summed E-state index contributed by atoms with van der Waals surface area (Å²) in [5.74, 6) is -0.632. The first-order valence-electron chi connectivity index (χ1n) is 6.59. The summed E-state index contributed by atoms with van der Waals surface area (Å²) in [6.45, 7) is 5.35. The Morgan fingerprint density at radius 3 is 2.43 bits per heavy atom. The lowest BCUT2D eigenvalue weighted by atomic mass is 10.2. The Kier molecular flexibility index (Phi) is 4.37. The summed E-state index contributed by atoms with van der Waals surface area (Å²) in [5.41, 5.74) is 2.23.